The smallest absolute Gasteiger partial charge is 0.331 e. The molecule has 0 bridgehead atoms. The highest BCUT2D eigenvalue weighted by Crippen LogP contribution is 2.42. The van der Waals surface area contributed by atoms with Gasteiger partial charge in [-0.05, 0) is 57.4 Å². The van der Waals surface area contributed by atoms with Gasteiger partial charge in [0.25, 0.3) is 5.71 Å². The van der Waals surface area contributed by atoms with Crippen LogP contribution in [-0.4, -0.2) is 48.0 Å². The van der Waals surface area contributed by atoms with Crippen LogP contribution in [0.3, 0.4) is 0 Å². The second-order valence-electron chi connectivity index (χ2n) is 6.61. The van der Waals surface area contributed by atoms with Crippen LogP contribution in [0.15, 0.2) is 29.4 Å². The number of oxime groups is 1. The van der Waals surface area contributed by atoms with Crippen LogP contribution in [0.5, 0.6) is 0 Å². The molecular weight excluding hydrogens is 318 g/mol. The molecule has 0 aromatic heterocycles. The lowest BCUT2D eigenvalue weighted by atomic mass is 9.86. The van der Waals surface area contributed by atoms with E-state index >= 15 is 0 Å². The van der Waals surface area contributed by atoms with Crippen LogP contribution in [0, 0.1) is 0 Å². The summed E-state index contributed by atoms with van der Waals surface area (Å²) in [7, 11) is 0. The second kappa shape index (κ2) is 5.47. The van der Waals surface area contributed by atoms with E-state index in [1.807, 2.05) is 13.8 Å². The molecule has 1 aromatic rings. The van der Waals surface area contributed by atoms with Gasteiger partial charge in [-0.2, -0.15) is 0 Å². The third-order valence-corrected chi connectivity index (χ3v) is 5.16. The minimum Gasteiger partial charge on any atom is -0.411 e. The zero-order valence-corrected chi connectivity index (χ0v) is 14.0. The van der Waals surface area contributed by atoms with Gasteiger partial charge in [-0.1, -0.05) is 16.8 Å². The van der Waals surface area contributed by atoms with Crippen LogP contribution >= 0.6 is 11.6 Å². The summed E-state index contributed by atoms with van der Waals surface area (Å²) < 4.78 is 1.06. The predicted molar refractivity (Wildman–Crippen MR) is 85.7 cm³/mol. The third-order valence-electron chi connectivity index (χ3n) is 4.91. The lowest BCUT2D eigenvalue weighted by Crippen LogP contribution is -2.61. The van der Waals surface area contributed by atoms with Gasteiger partial charge in [0.15, 0.2) is 5.71 Å². The van der Waals surface area contributed by atoms with Crippen LogP contribution in [0.4, 0.5) is 0 Å². The molecule has 1 spiro atoms. The van der Waals surface area contributed by atoms with Gasteiger partial charge in [0.05, 0.1) is 0 Å². The van der Waals surface area contributed by atoms with Crippen LogP contribution in [0.1, 0.15) is 45.1 Å². The number of hydrogen-bond acceptors (Lipinski definition) is 5. The molecule has 23 heavy (non-hydrogen) atoms. The fourth-order valence-electron chi connectivity index (χ4n) is 3.77. The van der Waals surface area contributed by atoms with Gasteiger partial charge in [-0.25, -0.2) is 0 Å². The Morgan fingerprint density at radius 2 is 1.87 bits per heavy atom. The van der Waals surface area contributed by atoms with E-state index in [2.05, 4.69) is 5.16 Å². The minimum absolute atomic E-state index is 0.366. The maximum absolute atomic E-state index is 11.0. The molecule has 1 heterocycles. The molecule has 1 aromatic carbocycles. The van der Waals surface area contributed by atoms with E-state index < -0.39 is 11.2 Å². The van der Waals surface area contributed by atoms with Crippen molar-refractivity contribution >= 4 is 23.0 Å². The Bertz CT molecular complexity index is 684. The molecule has 124 valence electrons. The predicted octanol–water partition coefficient (Wildman–Crippen LogP) is 3.11. The summed E-state index contributed by atoms with van der Waals surface area (Å²) in [5, 5.41) is 36.3. The zero-order valence-electron chi connectivity index (χ0n) is 13.2. The van der Waals surface area contributed by atoms with Crippen LogP contribution in [0.25, 0.3) is 0 Å². The number of hydrogen-bond donors (Lipinski definition) is 3. The number of nitrogens with zero attached hydrogens (tertiary/aromatic N) is 3. The van der Waals surface area contributed by atoms with E-state index in [-0.39, 0.29) is 0 Å². The molecule has 1 aliphatic carbocycles. The van der Waals surface area contributed by atoms with Crippen molar-refractivity contribution in [2.45, 2.75) is 50.7 Å². The largest absolute Gasteiger partial charge is 0.411 e. The summed E-state index contributed by atoms with van der Waals surface area (Å²) >= 11 is 5.94. The summed E-state index contributed by atoms with van der Waals surface area (Å²) in [5.41, 5.74) is -0.437. The molecule has 0 saturated heterocycles. The maximum Gasteiger partial charge on any atom is 0.331 e. The van der Waals surface area contributed by atoms with Crippen molar-refractivity contribution in [1.29, 1.82) is 0 Å². The molecular formula is C16H21ClN3O3+. The van der Waals surface area contributed by atoms with E-state index in [0.29, 0.717) is 29.3 Å². The average Bonchev–Trinajstić information content (AvgIpc) is 2.68. The first-order valence-corrected chi connectivity index (χ1v) is 8.06. The highest BCUT2D eigenvalue weighted by atomic mass is 35.5. The van der Waals surface area contributed by atoms with Crippen LogP contribution in [0.2, 0.25) is 5.02 Å². The lowest BCUT2D eigenvalue weighted by Gasteiger charge is -2.35. The van der Waals surface area contributed by atoms with Crippen molar-refractivity contribution in [3.63, 3.8) is 0 Å². The fourth-order valence-corrected chi connectivity index (χ4v) is 3.90. The monoisotopic (exact) mass is 338 g/mol. The Labute approximate surface area is 139 Å². The standard InChI is InChI=1S/C16H20ClN3O3/c1-15(2)14(11-6-8-12(17)9-7-11)19(22)16(20(15)23)10-4-3-5-13(16)18-21/h6-9,23H,3-5,10H2,1-2H3,(H-,21,22)/p+1. The van der Waals surface area contributed by atoms with E-state index in [9.17, 15) is 15.6 Å². The van der Waals surface area contributed by atoms with Gasteiger partial charge in [0.2, 0.25) is 0 Å². The number of rotatable bonds is 1. The molecule has 3 N–H and O–H groups in total. The van der Waals surface area contributed by atoms with Gasteiger partial charge in [-0.15, -0.1) is 5.06 Å². The van der Waals surface area contributed by atoms with Gasteiger partial charge < -0.3 is 10.4 Å². The topological polar surface area (TPSA) is 79.3 Å². The Balaban J connectivity index is 2.22. The molecule has 0 amide bonds. The molecule has 2 aliphatic rings. The van der Waals surface area contributed by atoms with Gasteiger partial charge >= 0.3 is 5.66 Å². The maximum atomic E-state index is 11.0. The summed E-state index contributed by atoms with van der Waals surface area (Å²) in [4.78, 5) is 0. The molecule has 0 radical (unpaired) electrons. The average molecular weight is 339 g/mol. The number of benzene rings is 1. The molecule has 6 nitrogen and oxygen atoms in total. The van der Waals surface area contributed by atoms with Gasteiger partial charge in [-0.3, -0.25) is 5.21 Å². The summed E-state index contributed by atoms with van der Waals surface area (Å²) in [5.74, 6) is 0. The summed E-state index contributed by atoms with van der Waals surface area (Å²) in [6, 6.07) is 7.08. The van der Waals surface area contributed by atoms with Crippen molar-refractivity contribution in [3.05, 3.63) is 34.9 Å². The Morgan fingerprint density at radius 1 is 1.22 bits per heavy atom. The van der Waals surface area contributed by atoms with Crippen molar-refractivity contribution in [3.8, 4) is 0 Å². The molecule has 3 rings (SSSR count). The SMILES string of the molecule is CC1(C)C(c2ccc(Cl)cc2)=[N+](O)C2(CCCCC2=NO)N1O. The molecule has 7 heteroatoms. The molecule has 1 saturated carbocycles. The van der Waals surface area contributed by atoms with Gasteiger partial charge in [0.1, 0.15) is 5.54 Å². The first-order chi connectivity index (χ1) is 10.9. The Morgan fingerprint density at radius 3 is 2.48 bits per heavy atom. The lowest BCUT2D eigenvalue weighted by molar-refractivity contribution is -0.828. The molecule has 1 aliphatic heterocycles. The van der Waals surface area contributed by atoms with Crippen molar-refractivity contribution in [2.75, 3.05) is 0 Å². The first kappa shape index (κ1) is 16.2. The van der Waals surface area contributed by atoms with Crippen molar-refractivity contribution < 1.29 is 20.4 Å². The van der Waals surface area contributed by atoms with E-state index in [0.717, 1.165) is 28.2 Å². The van der Waals surface area contributed by atoms with E-state index in [1.165, 1.54) is 0 Å². The van der Waals surface area contributed by atoms with E-state index in [1.54, 1.807) is 24.3 Å². The Hall–Kier alpha value is -1.63. The number of hydroxylamine groups is 3. The zero-order chi connectivity index (χ0) is 16.8. The third kappa shape index (κ3) is 2.16. The fraction of sp³-hybridized carbons (Fsp3) is 0.500. The first-order valence-electron chi connectivity index (χ1n) is 7.69. The van der Waals surface area contributed by atoms with Crippen molar-refractivity contribution in [2.24, 2.45) is 5.16 Å². The van der Waals surface area contributed by atoms with Crippen molar-refractivity contribution in [1.82, 2.24) is 5.06 Å². The normalized spacial score (nSPS) is 29.7. The molecule has 1 atom stereocenters. The quantitative estimate of drug-likeness (QED) is 0.417. The van der Waals surface area contributed by atoms with E-state index in [4.69, 9.17) is 11.6 Å². The molecule has 1 unspecified atom stereocenters. The van der Waals surface area contributed by atoms with Gasteiger partial charge in [0, 0.05) is 21.7 Å². The summed E-state index contributed by atoms with van der Waals surface area (Å²) in [6.07, 6.45) is 2.67. The summed E-state index contributed by atoms with van der Waals surface area (Å²) in [6.45, 7) is 3.64. The van der Waals surface area contributed by atoms with Crippen LogP contribution in [-0.2, 0) is 0 Å². The highest BCUT2D eigenvalue weighted by Gasteiger charge is 2.68. The Kier molecular flexibility index (Phi) is 3.86. The highest BCUT2D eigenvalue weighted by molar-refractivity contribution is 6.30. The minimum atomic E-state index is -1.23. The number of halogens is 1. The van der Waals surface area contributed by atoms with Crippen LogP contribution < -0.4 is 0 Å². The second-order valence-corrected chi connectivity index (χ2v) is 7.04. The molecule has 1 fully saturated rings.